The van der Waals surface area contributed by atoms with E-state index in [-0.39, 0.29) is 5.91 Å². The highest BCUT2D eigenvalue weighted by molar-refractivity contribution is 7.08. The lowest BCUT2D eigenvalue weighted by Gasteiger charge is -2.08. The molecule has 0 amide bonds. The number of anilines is 1. The molecular formula is C14H17N3OS. The zero-order valence-corrected chi connectivity index (χ0v) is 11.8. The Hall–Kier alpha value is -1.62. The smallest absolute Gasteiger partial charge is 0.281 e. The van der Waals surface area contributed by atoms with Crippen molar-refractivity contribution in [2.24, 2.45) is 0 Å². The largest absolute Gasteiger partial charge is 0.383 e. The minimum absolute atomic E-state index is 0.0926. The van der Waals surface area contributed by atoms with Crippen molar-refractivity contribution < 1.29 is 4.79 Å². The third-order valence-corrected chi connectivity index (χ3v) is 4.54. The maximum absolute atomic E-state index is 12.6. The average molecular weight is 275 g/mol. The molecular weight excluding hydrogens is 258 g/mol. The molecule has 1 aliphatic carbocycles. The Kier molecular flexibility index (Phi) is 3.14. The maximum atomic E-state index is 12.6. The molecule has 0 saturated heterocycles. The molecule has 0 radical (unpaired) electrons. The topological polar surface area (TPSA) is 60.9 Å². The number of hydrogen-bond acceptors (Lipinski definition) is 4. The van der Waals surface area contributed by atoms with Crippen LogP contribution in [0, 0.1) is 0 Å². The summed E-state index contributed by atoms with van der Waals surface area (Å²) < 4.78 is 1.40. The van der Waals surface area contributed by atoms with Crippen molar-refractivity contribution in [1.82, 2.24) is 9.78 Å². The first-order valence-electron chi connectivity index (χ1n) is 6.68. The lowest BCUT2D eigenvalue weighted by Crippen LogP contribution is -2.17. The minimum Gasteiger partial charge on any atom is -0.383 e. The van der Waals surface area contributed by atoms with Crippen LogP contribution >= 0.6 is 11.3 Å². The van der Waals surface area contributed by atoms with E-state index in [1.54, 1.807) is 11.3 Å². The first kappa shape index (κ1) is 12.4. The van der Waals surface area contributed by atoms with Gasteiger partial charge in [0.2, 0.25) is 0 Å². The molecule has 0 atom stereocenters. The van der Waals surface area contributed by atoms with Gasteiger partial charge in [-0.1, -0.05) is 6.92 Å². The van der Waals surface area contributed by atoms with Gasteiger partial charge in [-0.2, -0.15) is 21.1 Å². The Morgan fingerprint density at radius 2 is 2.21 bits per heavy atom. The third-order valence-electron chi connectivity index (χ3n) is 3.74. The van der Waals surface area contributed by atoms with E-state index >= 15 is 0 Å². The molecule has 2 N–H and O–H groups in total. The Morgan fingerprint density at radius 3 is 2.95 bits per heavy atom. The fourth-order valence-corrected chi connectivity index (χ4v) is 3.55. The van der Waals surface area contributed by atoms with E-state index in [4.69, 9.17) is 5.73 Å². The summed E-state index contributed by atoms with van der Waals surface area (Å²) in [4.78, 5) is 12.6. The van der Waals surface area contributed by atoms with Crippen molar-refractivity contribution in [2.45, 2.75) is 39.0 Å². The summed E-state index contributed by atoms with van der Waals surface area (Å²) in [5, 5.41) is 8.34. The van der Waals surface area contributed by atoms with Crippen molar-refractivity contribution in [3.05, 3.63) is 33.1 Å². The highest BCUT2D eigenvalue weighted by Crippen LogP contribution is 2.27. The average Bonchev–Trinajstić information content (AvgIpc) is 3.03. The summed E-state index contributed by atoms with van der Waals surface area (Å²) in [5.41, 5.74) is 9.99. The molecule has 0 unspecified atom stereocenters. The van der Waals surface area contributed by atoms with E-state index in [0.717, 1.165) is 54.5 Å². The zero-order valence-electron chi connectivity index (χ0n) is 11.0. The van der Waals surface area contributed by atoms with Crippen molar-refractivity contribution in [3.63, 3.8) is 0 Å². The van der Waals surface area contributed by atoms with Gasteiger partial charge in [0.15, 0.2) is 0 Å². The second kappa shape index (κ2) is 4.81. The van der Waals surface area contributed by atoms with E-state index in [2.05, 4.69) is 12.0 Å². The van der Waals surface area contributed by atoms with Crippen LogP contribution in [0.15, 0.2) is 10.8 Å². The molecule has 5 heteroatoms. The first-order valence-corrected chi connectivity index (χ1v) is 7.62. The van der Waals surface area contributed by atoms with Crippen LogP contribution in [-0.4, -0.2) is 15.7 Å². The second-order valence-electron chi connectivity index (χ2n) is 4.90. The SMILES string of the molecule is CCc1cscc1C(=O)n1nc2c(c1N)CCCC2. The van der Waals surface area contributed by atoms with Crippen LogP contribution in [0.25, 0.3) is 0 Å². The van der Waals surface area contributed by atoms with Crippen LogP contribution in [0.4, 0.5) is 5.82 Å². The zero-order chi connectivity index (χ0) is 13.4. The summed E-state index contributed by atoms with van der Waals surface area (Å²) in [5.74, 6) is 0.443. The summed E-state index contributed by atoms with van der Waals surface area (Å²) in [6.45, 7) is 2.05. The number of aromatic nitrogens is 2. The second-order valence-corrected chi connectivity index (χ2v) is 5.64. The van der Waals surface area contributed by atoms with Crippen LogP contribution in [0.1, 0.15) is 46.9 Å². The van der Waals surface area contributed by atoms with Crippen molar-refractivity contribution in [3.8, 4) is 0 Å². The molecule has 1 aliphatic rings. The van der Waals surface area contributed by atoms with Gasteiger partial charge in [-0.3, -0.25) is 4.79 Å². The summed E-state index contributed by atoms with van der Waals surface area (Å²) in [6, 6.07) is 0. The Balaban J connectivity index is 2.03. The number of rotatable bonds is 2. The number of aryl methyl sites for hydroxylation is 2. The Labute approximate surface area is 116 Å². The standard InChI is InChI=1S/C14H17N3OS/c1-2-9-7-19-8-11(9)14(18)17-13(15)10-5-3-4-6-12(10)16-17/h7-8H,2-6,15H2,1H3. The van der Waals surface area contributed by atoms with Crippen LogP contribution in [0.2, 0.25) is 0 Å². The van der Waals surface area contributed by atoms with Crippen LogP contribution in [-0.2, 0) is 19.3 Å². The van der Waals surface area contributed by atoms with Gasteiger partial charge in [0.1, 0.15) is 5.82 Å². The van der Waals surface area contributed by atoms with Crippen LogP contribution in [0.3, 0.4) is 0 Å². The van der Waals surface area contributed by atoms with Crippen molar-refractivity contribution >= 4 is 23.1 Å². The number of hydrogen-bond donors (Lipinski definition) is 1. The quantitative estimate of drug-likeness (QED) is 0.916. The van der Waals surface area contributed by atoms with E-state index < -0.39 is 0 Å². The van der Waals surface area contributed by atoms with E-state index in [9.17, 15) is 4.79 Å². The molecule has 19 heavy (non-hydrogen) atoms. The van der Waals surface area contributed by atoms with Gasteiger partial charge < -0.3 is 5.73 Å². The summed E-state index contributed by atoms with van der Waals surface area (Å²) >= 11 is 1.55. The molecule has 2 aromatic heterocycles. The van der Waals surface area contributed by atoms with Gasteiger partial charge in [0.25, 0.3) is 5.91 Å². The molecule has 0 spiro atoms. The predicted octanol–water partition coefficient (Wildman–Crippen LogP) is 2.66. The molecule has 0 fully saturated rings. The van der Waals surface area contributed by atoms with Crippen LogP contribution < -0.4 is 5.73 Å². The predicted molar refractivity (Wildman–Crippen MR) is 76.7 cm³/mol. The Bertz CT molecular complexity index is 627. The number of carbonyl (C=O) groups is 1. The molecule has 0 aromatic carbocycles. The van der Waals surface area contributed by atoms with Gasteiger partial charge in [-0.25, -0.2) is 0 Å². The van der Waals surface area contributed by atoms with Crippen molar-refractivity contribution in [1.29, 1.82) is 0 Å². The third kappa shape index (κ3) is 1.98. The molecule has 3 rings (SSSR count). The molecule has 0 saturated carbocycles. The first-order chi connectivity index (χ1) is 9.22. The van der Waals surface area contributed by atoms with Gasteiger partial charge in [0.05, 0.1) is 11.3 Å². The highest BCUT2D eigenvalue weighted by atomic mass is 32.1. The molecule has 2 aromatic rings. The Morgan fingerprint density at radius 1 is 1.42 bits per heavy atom. The van der Waals surface area contributed by atoms with E-state index in [1.165, 1.54) is 4.68 Å². The fourth-order valence-electron chi connectivity index (χ4n) is 2.63. The van der Waals surface area contributed by atoms with Gasteiger partial charge in [-0.15, -0.1) is 0 Å². The molecule has 4 nitrogen and oxygen atoms in total. The summed E-state index contributed by atoms with van der Waals surface area (Å²) in [7, 11) is 0. The summed E-state index contributed by atoms with van der Waals surface area (Å²) in [6.07, 6.45) is 5.00. The number of thiophene rings is 1. The monoisotopic (exact) mass is 275 g/mol. The van der Waals surface area contributed by atoms with Crippen molar-refractivity contribution in [2.75, 3.05) is 5.73 Å². The van der Waals surface area contributed by atoms with Gasteiger partial charge in [0, 0.05) is 10.9 Å². The number of carbonyl (C=O) groups excluding carboxylic acids is 1. The van der Waals surface area contributed by atoms with E-state index in [0.29, 0.717) is 5.82 Å². The molecule has 100 valence electrons. The van der Waals surface area contributed by atoms with Gasteiger partial charge in [-0.05, 0) is 43.0 Å². The maximum Gasteiger partial charge on any atom is 0.281 e. The number of fused-ring (bicyclic) bond motifs is 1. The normalized spacial score (nSPS) is 14.4. The van der Waals surface area contributed by atoms with Crippen LogP contribution in [0.5, 0.6) is 0 Å². The van der Waals surface area contributed by atoms with Gasteiger partial charge >= 0.3 is 0 Å². The lowest BCUT2D eigenvalue weighted by molar-refractivity contribution is 0.0947. The fraction of sp³-hybridized carbons (Fsp3) is 0.429. The molecule has 0 bridgehead atoms. The lowest BCUT2D eigenvalue weighted by atomic mass is 9.98. The molecule has 0 aliphatic heterocycles. The molecule has 2 heterocycles. The van der Waals surface area contributed by atoms with E-state index in [1.807, 2.05) is 10.8 Å². The number of nitrogens with zero attached hydrogens (tertiary/aromatic N) is 2. The highest BCUT2D eigenvalue weighted by Gasteiger charge is 2.23. The number of nitrogen functional groups attached to an aromatic ring is 1. The number of nitrogens with two attached hydrogens (primary N) is 1. The minimum atomic E-state index is -0.0926.